The molecule has 0 bridgehead atoms. The first kappa shape index (κ1) is 16.2. The summed E-state index contributed by atoms with van der Waals surface area (Å²) in [6.07, 6.45) is 2.92. The summed E-state index contributed by atoms with van der Waals surface area (Å²) in [5.74, 6) is 0.679. The third-order valence-corrected chi connectivity index (χ3v) is 3.14. The van der Waals surface area contributed by atoms with Crippen LogP contribution in [0.25, 0.3) is 0 Å². The van der Waals surface area contributed by atoms with E-state index in [1.54, 1.807) is 0 Å². The van der Waals surface area contributed by atoms with Crippen LogP contribution in [-0.2, 0) is 4.74 Å². The second kappa shape index (κ2) is 8.29. The highest BCUT2D eigenvalue weighted by atomic mass is 35.5. The molecule has 0 saturated carbocycles. The molecule has 0 aromatic carbocycles. The zero-order chi connectivity index (χ0) is 11.3. The second-order valence-electron chi connectivity index (χ2n) is 4.98. The first-order valence-electron chi connectivity index (χ1n) is 6.19. The van der Waals surface area contributed by atoms with Gasteiger partial charge in [0.15, 0.2) is 0 Å². The summed E-state index contributed by atoms with van der Waals surface area (Å²) in [4.78, 5) is 2.49. The van der Waals surface area contributed by atoms with Crippen molar-refractivity contribution in [3.8, 4) is 0 Å². The summed E-state index contributed by atoms with van der Waals surface area (Å²) < 4.78 is 5.57. The van der Waals surface area contributed by atoms with Crippen molar-refractivity contribution in [2.45, 2.75) is 45.8 Å². The molecule has 0 spiro atoms. The van der Waals surface area contributed by atoms with Crippen molar-refractivity contribution in [1.82, 2.24) is 4.90 Å². The van der Waals surface area contributed by atoms with Crippen molar-refractivity contribution in [3.05, 3.63) is 0 Å². The molecule has 0 aromatic heterocycles. The third-order valence-electron chi connectivity index (χ3n) is 3.14. The third kappa shape index (κ3) is 6.04. The van der Waals surface area contributed by atoms with Gasteiger partial charge in [-0.1, -0.05) is 0 Å². The SMILES string of the molecule is CC(C)OCCN1CCCC(C(C)N)C1.Cl. The monoisotopic (exact) mass is 250 g/mol. The highest BCUT2D eigenvalue weighted by Crippen LogP contribution is 2.18. The topological polar surface area (TPSA) is 38.5 Å². The van der Waals surface area contributed by atoms with Gasteiger partial charge in [0.2, 0.25) is 0 Å². The van der Waals surface area contributed by atoms with Crippen LogP contribution < -0.4 is 5.73 Å². The van der Waals surface area contributed by atoms with Crippen LogP contribution in [0.4, 0.5) is 0 Å². The molecule has 2 atom stereocenters. The number of nitrogens with zero attached hydrogens (tertiary/aromatic N) is 1. The summed E-state index contributed by atoms with van der Waals surface area (Å²) in [6.45, 7) is 10.6. The van der Waals surface area contributed by atoms with E-state index in [0.29, 0.717) is 18.1 Å². The number of halogens is 1. The largest absolute Gasteiger partial charge is 0.377 e. The highest BCUT2D eigenvalue weighted by Gasteiger charge is 2.22. The molecule has 0 aliphatic carbocycles. The maximum atomic E-state index is 5.95. The first-order chi connectivity index (χ1) is 7.09. The Hall–Kier alpha value is 0.170. The number of piperidine rings is 1. The fraction of sp³-hybridized carbons (Fsp3) is 1.00. The number of likely N-dealkylation sites (tertiary alicyclic amines) is 1. The van der Waals surface area contributed by atoms with E-state index in [-0.39, 0.29) is 12.4 Å². The van der Waals surface area contributed by atoms with Gasteiger partial charge in [0, 0.05) is 19.1 Å². The molecule has 1 fully saturated rings. The molecular weight excluding hydrogens is 224 g/mol. The van der Waals surface area contributed by atoms with Gasteiger partial charge < -0.3 is 15.4 Å². The van der Waals surface area contributed by atoms with Gasteiger partial charge in [0.1, 0.15) is 0 Å². The molecule has 98 valence electrons. The second-order valence-corrected chi connectivity index (χ2v) is 4.98. The van der Waals surface area contributed by atoms with Crippen molar-refractivity contribution < 1.29 is 4.74 Å². The fourth-order valence-electron chi connectivity index (χ4n) is 2.14. The summed E-state index contributed by atoms with van der Waals surface area (Å²) >= 11 is 0. The van der Waals surface area contributed by atoms with Gasteiger partial charge in [-0.3, -0.25) is 0 Å². The number of rotatable bonds is 5. The van der Waals surface area contributed by atoms with Crippen molar-refractivity contribution >= 4 is 12.4 Å². The molecule has 2 unspecified atom stereocenters. The molecular formula is C12H27ClN2O. The van der Waals surface area contributed by atoms with Gasteiger partial charge in [-0.25, -0.2) is 0 Å². The average molecular weight is 251 g/mol. The van der Waals surface area contributed by atoms with E-state index in [0.717, 1.165) is 19.7 Å². The van der Waals surface area contributed by atoms with E-state index in [1.165, 1.54) is 19.4 Å². The van der Waals surface area contributed by atoms with Gasteiger partial charge in [-0.15, -0.1) is 12.4 Å². The van der Waals surface area contributed by atoms with Crippen LogP contribution in [0.2, 0.25) is 0 Å². The molecule has 16 heavy (non-hydrogen) atoms. The minimum absolute atomic E-state index is 0. The van der Waals surface area contributed by atoms with Gasteiger partial charge in [0.05, 0.1) is 12.7 Å². The van der Waals surface area contributed by atoms with E-state index < -0.39 is 0 Å². The quantitative estimate of drug-likeness (QED) is 0.810. The Kier molecular flexibility index (Phi) is 8.38. The lowest BCUT2D eigenvalue weighted by Crippen LogP contribution is -2.43. The lowest BCUT2D eigenvalue weighted by Gasteiger charge is -2.34. The molecule has 0 aromatic rings. The smallest absolute Gasteiger partial charge is 0.0596 e. The molecule has 3 nitrogen and oxygen atoms in total. The standard InChI is InChI=1S/C12H26N2O.ClH/c1-10(2)15-8-7-14-6-4-5-12(9-14)11(3)13;/h10-12H,4-9,13H2,1-3H3;1H. The molecule has 4 heteroatoms. The van der Waals surface area contributed by atoms with E-state index in [2.05, 4.69) is 25.7 Å². The maximum absolute atomic E-state index is 5.95. The van der Waals surface area contributed by atoms with Gasteiger partial charge in [0.25, 0.3) is 0 Å². The van der Waals surface area contributed by atoms with Crippen molar-refractivity contribution in [1.29, 1.82) is 0 Å². The summed E-state index contributed by atoms with van der Waals surface area (Å²) in [5.41, 5.74) is 5.95. The molecule has 1 aliphatic heterocycles. The lowest BCUT2D eigenvalue weighted by atomic mass is 9.92. The number of hydrogen-bond donors (Lipinski definition) is 1. The first-order valence-corrected chi connectivity index (χ1v) is 6.19. The normalized spacial score (nSPS) is 24.2. The van der Waals surface area contributed by atoms with Crippen LogP contribution in [0, 0.1) is 5.92 Å². The van der Waals surface area contributed by atoms with Gasteiger partial charge in [-0.05, 0) is 46.1 Å². The van der Waals surface area contributed by atoms with Crippen LogP contribution >= 0.6 is 12.4 Å². The minimum atomic E-state index is 0. The van der Waals surface area contributed by atoms with Crippen LogP contribution in [-0.4, -0.2) is 43.3 Å². The number of nitrogens with two attached hydrogens (primary N) is 1. The Labute approximate surface area is 106 Å². The molecule has 2 N–H and O–H groups in total. The fourth-order valence-corrected chi connectivity index (χ4v) is 2.14. The van der Waals surface area contributed by atoms with E-state index >= 15 is 0 Å². The van der Waals surface area contributed by atoms with Gasteiger partial charge >= 0.3 is 0 Å². The predicted octanol–water partition coefficient (Wildman–Crippen LogP) is 1.89. The maximum Gasteiger partial charge on any atom is 0.0596 e. The Morgan fingerprint density at radius 3 is 2.62 bits per heavy atom. The van der Waals surface area contributed by atoms with Crippen molar-refractivity contribution in [2.24, 2.45) is 11.7 Å². The predicted molar refractivity (Wildman–Crippen MR) is 71.1 cm³/mol. The van der Waals surface area contributed by atoms with E-state index in [4.69, 9.17) is 10.5 Å². The zero-order valence-corrected chi connectivity index (χ0v) is 11.6. The van der Waals surface area contributed by atoms with E-state index in [9.17, 15) is 0 Å². The number of ether oxygens (including phenoxy) is 1. The minimum Gasteiger partial charge on any atom is -0.377 e. The zero-order valence-electron chi connectivity index (χ0n) is 10.8. The van der Waals surface area contributed by atoms with Crippen molar-refractivity contribution in [2.75, 3.05) is 26.2 Å². The molecule has 0 radical (unpaired) electrons. The Morgan fingerprint density at radius 2 is 2.06 bits per heavy atom. The van der Waals surface area contributed by atoms with Crippen molar-refractivity contribution in [3.63, 3.8) is 0 Å². The van der Waals surface area contributed by atoms with Crippen LogP contribution in [0.3, 0.4) is 0 Å². The Morgan fingerprint density at radius 1 is 1.38 bits per heavy atom. The molecule has 0 amide bonds. The summed E-state index contributed by atoms with van der Waals surface area (Å²) in [5, 5.41) is 0. The summed E-state index contributed by atoms with van der Waals surface area (Å²) in [7, 11) is 0. The molecule has 1 saturated heterocycles. The summed E-state index contributed by atoms with van der Waals surface area (Å²) in [6, 6.07) is 0.332. The molecule has 1 heterocycles. The lowest BCUT2D eigenvalue weighted by molar-refractivity contribution is 0.0471. The Bertz CT molecular complexity index is 176. The molecule has 1 rings (SSSR count). The van der Waals surface area contributed by atoms with Crippen LogP contribution in [0.15, 0.2) is 0 Å². The van der Waals surface area contributed by atoms with Gasteiger partial charge in [-0.2, -0.15) is 0 Å². The highest BCUT2D eigenvalue weighted by molar-refractivity contribution is 5.85. The van der Waals surface area contributed by atoms with Crippen LogP contribution in [0.5, 0.6) is 0 Å². The van der Waals surface area contributed by atoms with E-state index in [1.807, 2.05) is 0 Å². The Balaban J connectivity index is 0.00000225. The average Bonchev–Trinajstić information content (AvgIpc) is 2.17. The number of hydrogen-bond acceptors (Lipinski definition) is 3. The molecule has 1 aliphatic rings. The van der Waals surface area contributed by atoms with Crippen LogP contribution in [0.1, 0.15) is 33.6 Å².